The van der Waals surface area contributed by atoms with Gasteiger partial charge in [-0.15, -0.1) is 0 Å². The number of hydrogen-bond donors (Lipinski definition) is 1. The van der Waals surface area contributed by atoms with E-state index in [1.807, 2.05) is 7.05 Å². The summed E-state index contributed by atoms with van der Waals surface area (Å²) in [5, 5.41) is 3.26. The third-order valence-corrected chi connectivity index (χ3v) is 2.11. The first-order chi connectivity index (χ1) is 4.63. The molecule has 2 heteroatoms. The molecule has 0 amide bonds. The lowest BCUT2D eigenvalue weighted by Crippen LogP contribution is -2.43. The first-order valence-corrected chi connectivity index (χ1v) is 3.97. The van der Waals surface area contributed by atoms with Crippen molar-refractivity contribution < 1.29 is 0 Å². The van der Waals surface area contributed by atoms with Crippen molar-refractivity contribution in [3.05, 3.63) is 0 Å². The highest BCUT2D eigenvalue weighted by Crippen LogP contribution is 2.03. The molecule has 2 nitrogen and oxygen atoms in total. The van der Waals surface area contributed by atoms with Crippen LogP contribution < -0.4 is 5.32 Å². The smallest absolute Gasteiger partial charge is 0.0237 e. The Morgan fingerprint density at radius 3 is 2.00 bits per heavy atom. The summed E-state index contributed by atoms with van der Waals surface area (Å²) in [5.74, 6) is 0. The van der Waals surface area contributed by atoms with Crippen molar-refractivity contribution in [2.75, 3.05) is 21.1 Å². The molecule has 0 spiro atoms. The first kappa shape index (κ1) is 9.92. The summed E-state index contributed by atoms with van der Waals surface area (Å²) < 4.78 is 0. The molecule has 0 saturated heterocycles. The SMILES string of the molecule is CCC(C(C)NC)N(C)C. The van der Waals surface area contributed by atoms with Crippen molar-refractivity contribution in [2.45, 2.75) is 32.4 Å². The van der Waals surface area contributed by atoms with E-state index < -0.39 is 0 Å². The zero-order chi connectivity index (χ0) is 8.15. The second-order valence-corrected chi connectivity index (χ2v) is 3.02. The standard InChI is InChI=1S/C8H20N2/c1-6-8(10(4)5)7(2)9-3/h7-9H,6H2,1-5H3. The van der Waals surface area contributed by atoms with Crippen LogP contribution in [-0.4, -0.2) is 38.1 Å². The summed E-state index contributed by atoms with van der Waals surface area (Å²) in [6.07, 6.45) is 1.20. The van der Waals surface area contributed by atoms with Crippen molar-refractivity contribution >= 4 is 0 Å². The van der Waals surface area contributed by atoms with Gasteiger partial charge in [0, 0.05) is 12.1 Å². The fourth-order valence-corrected chi connectivity index (χ4v) is 1.36. The molecule has 0 aromatic rings. The summed E-state index contributed by atoms with van der Waals surface area (Å²) in [6, 6.07) is 1.24. The minimum absolute atomic E-state index is 0.583. The Bertz CT molecular complexity index is 81.3. The highest BCUT2D eigenvalue weighted by Gasteiger charge is 2.14. The maximum absolute atomic E-state index is 3.26. The van der Waals surface area contributed by atoms with Crippen LogP contribution >= 0.6 is 0 Å². The summed E-state index contributed by atoms with van der Waals surface area (Å²) >= 11 is 0. The normalized spacial score (nSPS) is 17.4. The molecule has 0 fully saturated rings. The minimum atomic E-state index is 0.583. The van der Waals surface area contributed by atoms with Gasteiger partial charge >= 0.3 is 0 Å². The predicted molar refractivity (Wildman–Crippen MR) is 46.3 cm³/mol. The Balaban J connectivity index is 3.80. The van der Waals surface area contributed by atoms with Crippen molar-refractivity contribution in [1.82, 2.24) is 10.2 Å². The van der Waals surface area contributed by atoms with Gasteiger partial charge in [0.15, 0.2) is 0 Å². The topological polar surface area (TPSA) is 15.3 Å². The van der Waals surface area contributed by atoms with E-state index in [-0.39, 0.29) is 0 Å². The van der Waals surface area contributed by atoms with Crippen LogP contribution in [0.25, 0.3) is 0 Å². The van der Waals surface area contributed by atoms with Gasteiger partial charge in [-0.25, -0.2) is 0 Å². The molecule has 62 valence electrons. The van der Waals surface area contributed by atoms with E-state index in [4.69, 9.17) is 0 Å². The monoisotopic (exact) mass is 144 g/mol. The molecule has 0 rings (SSSR count). The van der Waals surface area contributed by atoms with Gasteiger partial charge < -0.3 is 10.2 Å². The first-order valence-electron chi connectivity index (χ1n) is 3.97. The molecular weight excluding hydrogens is 124 g/mol. The molecule has 10 heavy (non-hydrogen) atoms. The number of nitrogens with one attached hydrogen (secondary N) is 1. The molecule has 2 unspecified atom stereocenters. The minimum Gasteiger partial charge on any atom is -0.316 e. The molecule has 0 aliphatic rings. The molecule has 0 heterocycles. The molecule has 0 aromatic carbocycles. The fraction of sp³-hybridized carbons (Fsp3) is 1.00. The highest BCUT2D eigenvalue weighted by molar-refractivity contribution is 4.75. The lowest BCUT2D eigenvalue weighted by Gasteiger charge is -2.28. The van der Waals surface area contributed by atoms with Gasteiger partial charge in [0.25, 0.3) is 0 Å². The molecule has 0 radical (unpaired) electrons. The van der Waals surface area contributed by atoms with Crippen molar-refractivity contribution in [1.29, 1.82) is 0 Å². The van der Waals surface area contributed by atoms with Crippen LogP contribution in [0, 0.1) is 0 Å². The number of rotatable bonds is 4. The Hall–Kier alpha value is -0.0800. The summed E-state index contributed by atoms with van der Waals surface area (Å²) in [4.78, 5) is 2.27. The number of hydrogen-bond acceptors (Lipinski definition) is 2. The largest absolute Gasteiger partial charge is 0.316 e. The van der Waals surface area contributed by atoms with Crippen molar-refractivity contribution in [3.63, 3.8) is 0 Å². The van der Waals surface area contributed by atoms with E-state index >= 15 is 0 Å². The lowest BCUT2D eigenvalue weighted by atomic mass is 10.1. The van der Waals surface area contributed by atoms with Crippen molar-refractivity contribution in [3.8, 4) is 0 Å². The van der Waals surface area contributed by atoms with Crippen LogP contribution in [0.4, 0.5) is 0 Å². The third kappa shape index (κ3) is 2.67. The lowest BCUT2D eigenvalue weighted by molar-refractivity contribution is 0.237. The van der Waals surface area contributed by atoms with Crippen LogP contribution in [0.5, 0.6) is 0 Å². The van der Waals surface area contributed by atoms with Gasteiger partial charge in [0.2, 0.25) is 0 Å². The Labute approximate surface area is 64.6 Å². The second kappa shape index (κ2) is 4.69. The zero-order valence-corrected chi connectivity index (χ0v) is 7.81. The van der Waals surface area contributed by atoms with Crippen molar-refractivity contribution in [2.24, 2.45) is 0 Å². The summed E-state index contributed by atoms with van der Waals surface area (Å²) in [5.41, 5.74) is 0. The highest BCUT2D eigenvalue weighted by atomic mass is 15.1. The third-order valence-electron chi connectivity index (χ3n) is 2.11. The van der Waals surface area contributed by atoms with Crippen LogP contribution in [-0.2, 0) is 0 Å². The molecule has 1 N–H and O–H groups in total. The Morgan fingerprint density at radius 1 is 1.40 bits per heavy atom. The van der Waals surface area contributed by atoms with E-state index in [0.29, 0.717) is 12.1 Å². The molecule has 0 aliphatic heterocycles. The molecule has 0 bridgehead atoms. The summed E-state index contributed by atoms with van der Waals surface area (Å²) in [7, 11) is 6.26. The second-order valence-electron chi connectivity index (χ2n) is 3.02. The summed E-state index contributed by atoms with van der Waals surface area (Å²) in [6.45, 7) is 4.44. The molecule has 2 atom stereocenters. The van der Waals surface area contributed by atoms with Gasteiger partial charge in [0.1, 0.15) is 0 Å². The molecule has 0 aliphatic carbocycles. The van der Waals surface area contributed by atoms with Crippen LogP contribution in [0.3, 0.4) is 0 Å². The Morgan fingerprint density at radius 2 is 1.90 bits per heavy atom. The fourth-order valence-electron chi connectivity index (χ4n) is 1.36. The van der Waals surface area contributed by atoms with Crippen LogP contribution in [0.1, 0.15) is 20.3 Å². The molecule has 0 aromatic heterocycles. The van der Waals surface area contributed by atoms with E-state index in [9.17, 15) is 0 Å². The van der Waals surface area contributed by atoms with Crippen LogP contribution in [0.15, 0.2) is 0 Å². The van der Waals surface area contributed by atoms with Gasteiger partial charge in [-0.3, -0.25) is 0 Å². The number of nitrogens with zero attached hydrogens (tertiary/aromatic N) is 1. The van der Waals surface area contributed by atoms with Gasteiger partial charge in [-0.05, 0) is 34.5 Å². The van der Waals surface area contributed by atoms with Crippen LogP contribution in [0.2, 0.25) is 0 Å². The molecular formula is C8H20N2. The van der Waals surface area contributed by atoms with Gasteiger partial charge in [-0.1, -0.05) is 6.92 Å². The van der Waals surface area contributed by atoms with E-state index in [1.54, 1.807) is 0 Å². The van der Waals surface area contributed by atoms with E-state index in [2.05, 4.69) is 38.2 Å². The maximum Gasteiger partial charge on any atom is 0.0237 e. The predicted octanol–water partition coefficient (Wildman–Crippen LogP) is 0.934. The zero-order valence-electron chi connectivity index (χ0n) is 7.81. The Kier molecular flexibility index (Phi) is 4.65. The number of likely N-dealkylation sites (N-methyl/N-ethyl adjacent to an activating group) is 2. The average Bonchev–Trinajstić information content (AvgIpc) is 1.88. The average molecular weight is 144 g/mol. The van der Waals surface area contributed by atoms with Gasteiger partial charge in [0.05, 0.1) is 0 Å². The quantitative estimate of drug-likeness (QED) is 0.631. The molecule has 0 saturated carbocycles. The van der Waals surface area contributed by atoms with E-state index in [1.165, 1.54) is 6.42 Å². The van der Waals surface area contributed by atoms with Gasteiger partial charge in [-0.2, -0.15) is 0 Å². The maximum atomic E-state index is 3.26. The van der Waals surface area contributed by atoms with E-state index in [0.717, 1.165) is 0 Å².